The summed E-state index contributed by atoms with van der Waals surface area (Å²) in [7, 11) is 0. The van der Waals surface area contributed by atoms with Crippen LogP contribution in [0.5, 0.6) is 0 Å². The third kappa shape index (κ3) is 2.77. The lowest BCUT2D eigenvalue weighted by Crippen LogP contribution is -2.22. The molecular formula is C13H15N9O2. The number of rotatable bonds is 5. The Morgan fingerprint density at radius 1 is 1.62 bits per heavy atom. The van der Waals surface area contributed by atoms with Crippen molar-refractivity contribution >= 4 is 22.9 Å². The highest BCUT2D eigenvalue weighted by Crippen LogP contribution is 2.33. The van der Waals surface area contributed by atoms with E-state index in [9.17, 15) is 5.11 Å². The average molecular weight is 329 g/mol. The van der Waals surface area contributed by atoms with E-state index in [2.05, 4.69) is 36.2 Å². The first-order valence-electron chi connectivity index (χ1n) is 7.15. The number of nitrogens with two attached hydrogens (primary N) is 1. The van der Waals surface area contributed by atoms with Crippen molar-refractivity contribution in [2.45, 2.75) is 24.8 Å². The molecule has 3 atom stereocenters. The summed E-state index contributed by atoms with van der Waals surface area (Å²) in [4.78, 5) is 15.4. The number of nitrogens with one attached hydrogen (secondary N) is 1. The molecule has 4 N–H and O–H groups in total. The number of fused-ring (bicyclic) bond motifs is 1. The maximum Gasteiger partial charge on any atom is 0.224 e. The fourth-order valence-electron chi connectivity index (χ4n) is 2.64. The minimum Gasteiger partial charge on any atom is -0.394 e. The molecule has 2 aromatic heterocycles. The van der Waals surface area contributed by atoms with E-state index in [1.807, 2.05) is 0 Å². The number of azide groups is 1. The zero-order valence-corrected chi connectivity index (χ0v) is 12.6. The monoisotopic (exact) mass is 329 g/mol. The van der Waals surface area contributed by atoms with Crippen molar-refractivity contribution < 1.29 is 9.84 Å². The maximum atomic E-state index is 9.37. The fourth-order valence-corrected chi connectivity index (χ4v) is 2.64. The van der Waals surface area contributed by atoms with E-state index in [0.29, 0.717) is 23.4 Å². The number of hydrogen-bond acceptors (Lipinski definition) is 8. The van der Waals surface area contributed by atoms with Crippen LogP contribution in [0.25, 0.3) is 21.6 Å². The van der Waals surface area contributed by atoms with Crippen LogP contribution < -0.4 is 11.1 Å². The molecule has 0 aromatic carbocycles. The fraction of sp³-hybridized carbons (Fsp3) is 0.462. The minimum absolute atomic E-state index is 0.0621. The molecule has 1 aliphatic rings. The van der Waals surface area contributed by atoms with Gasteiger partial charge in [0.25, 0.3) is 0 Å². The molecular weight excluding hydrogens is 314 g/mol. The molecule has 11 nitrogen and oxygen atoms in total. The van der Waals surface area contributed by atoms with Gasteiger partial charge in [0.05, 0.1) is 31.6 Å². The van der Waals surface area contributed by atoms with Crippen molar-refractivity contribution in [1.82, 2.24) is 19.5 Å². The van der Waals surface area contributed by atoms with E-state index in [-0.39, 0.29) is 19.1 Å². The van der Waals surface area contributed by atoms with Crippen LogP contribution in [0.3, 0.4) is 0 Å². The topological polar surface area (TPSA) is 160 Å². The lowest BCUT2D eigenvalue weighted by atomic mass is 10.1. The molecule has 24 heavy (non-hydrogen) atoms. The van der Waals surface area contributed by atoms with Gasteiger partial charge in [-0.25, -0.2) is 4.98 Å². The molecule has 0 spiro atoms. The summed E-state index contributed by atoms with van der Waals surface area (Å²) in [6, 6.07) is -0.472. The summed E-state index contributed by atoms with van der Waals surface area (Å²) < 4.78 is 7.41. The summed E-state index contributed by atoms with van der Waals surface area (Å²) >= 11 is 0. The van der Waals surface area contributed by atoms with Crippen LogP contribution in [0.1, 0.15) is 12.6 Å². The van der Waals surface area contributed by atoms with Crippen LogP contribution in [-0.4, -0.2) is 49.9 Å². The smallest absolute Gasteiger partial charge is 0.224 e. The third-order valence-electron chi connectivity index (χ3n) is 3.69. The summed E-state index contributed by atoms with van der Waals surface area (Å²) in [6.45, 7) is 0.0167. The molecule has 1 aliphatic heterocycles. The zero-order valence-electron chi connectivity index (χ0n) is 12.6. The molecule has 1 saturated heterocycles. The van der Waals surface area contributed by atoms with Crippen LogP contribution in [0.15, 0.2) is 11.4 Å². The predicted molar refractivity (Wildman–Crippen MR) is 85.6 cm³/mol. The number of nitrogens with zero attached hydrogens (tertiary/aromatic N) is 7. The molecule has 11 heteroatoms. The number of terminal acetylenes is 1. The Balaban J connectivity index is 1.98. The molecule has 3 rings (SSSR count). The average Bonchev–Trinajstić information content (AvgIpc) is 3.16. The Kier molecular flexibility index (Phi) is 4.35. The number of aliphatic hydroxyl groups excluding tert-OH is 1. The first-order chi connectivity index (χ1) is 11.7. The molecule has 3 heterocycles. The van der Waals surface area contributed by atoms with E-state index in [1.165, 1.54) is 6.33 Å². The van der Waals surface area contributed by atoms with E-state index < -0.39 is 18.4 Å². The number of aliphatic hydroxyl groups is 1. The van der Waals surface area contributed by atoms with Gasteiger partial charge < -0.3 is 20.9 Å². The largest absolute Gasteiger partial charge is 0.394 e. The number of hydrogen-bond donors (Lipinski definition) is 3. The van der Waals surface area contributed by atoms with Crippen molar-refractivity contribution in [3.8, 4) is 12.3 Å². The summed E-state index contributed by atoms with van der Waals surface area (Å²) in [6.07, 6.45) is 6.10. The highest BCUT2D eigenvalue weighted by Gasteiger charge is 2.36. The van der Waals surface area contributed by atoms with Gasteiger partial charge >= 0.3 is 0 Å². The first-order valence-corrected chi connectivity index (χ1v) is 7.15. The SMILES string of the molecule is C#CCNc1nc(N)nc2c1ncn2[C@H]1CC(N=[N+]=[N-])[C@@H](CO)O1. The van der Waals surface area contributed by atoms with Crippen molar-refractivity contribution in [2.24, 2.45) is 5.11 Å². The number of aromatic nitrogens is 4. The van der Waals surface area contributed by atoms with Crippen molar-refractivity contribution in [1.29, 1.82) is 0 Å². The van der Waals surface area contributed by atoms with Gasteiger partial charge in [-0.1, -0.05) is 11.0 Å². The molecule has 0 radical (unpaired) electrons. The number of anilines is 2. The molecule has 0 bridgehead atoms. The van der Waals surface area contributed by atoms with Crippen LogP contribution in [-0.2, 0) is 4.74 Å². The molecule has 1 fully saturated rings. The minimum atomic E-state index is -0.582. The maximum absolute atomic E-state index is 9.37. The number of ether oxygens (including phenoxy) is 1. The Hall–Kier alpha value is -3.06. The van der Waals surface area contributed by atoms with Crippen molar-refractivity contribution in [3.05, 3.63) is 16.8 Å². The highest BCUT2D eigenvalue weighted by atomic mass is 16.5. The predicted octanol–water partition coefficient (Wildman–Crippen LogP) is 0.412. The first kappa shape index (κ1) is 15.8. The lowest BCUT2D eigenvalue weighted by Gasteiger charge is -2.14. The van der Waals surface area contributed by atoms with Gasteiger partial charge in [0.1, 0.15) is 6.23 Å². The standard InChI is InChI=1S/C13H15N9O2/c1-2-3-16-11-10-12(19-13(14)18-11)22(6-17-10)9-4-7(20-21-15)8(5-23)24-9/h1,6-9,23H,3-5H2,(H3,14,16,18,19)/t7?,8-,9-/m1/s1. The van der Waals surface area contributed by atoms with Crippen LogP contribution in [0, 0.1) is 12.3 Å². The quantitative estimate of drug-likeness (QED) is 0.310. The summed E-state index contributed by atoms with van der Waals surface area (Å²) in [5.74, 6) is 2.94. The lowest BCUT2D eigenvalue weighted by molar-refractivity contribution is -0.0232. The molecule has 0 aliphatic carbocycles. The Labute approximate surface area is 136 Å². The Morgan fingerprint density at radius 2 is 2.46 bits per heavy atom. The van der Waals surface area contributed by atoms with Gasteiger partial charge in [-0.2, -0.15) is 9.97 Å². The summed E-state index contributed by atoms with van der Waals surface area (Å²) in [5.41, 5.74) is 15.3. The second-order valence-corrected chi connectivity index (χ2v) is 5.13. The van der Waals surface area contributed by atoms with E-state index in [0.717, 1.165) is 0 Å². The molecule has 124 valence electrons. The summed E-state index contributed by atoms with van der Waals surface area (Å²) in [5, 5.41) is 16.0. The molecule has 0 amide bonds. The van der Waals surface area contributed by atoms with E-state index in [1.54, 1.807) is 4.57 Å². The van der Waals surface area contributed by atoms with E-state index >= 15 is 0 Å². The molecule has 1 unspecified atom stereocenters. The van der Waals surface area contributed by atoms with Gasteiger partial charge in [0.15, 0.2) is 17.0 Å². The van der Waals surface area contributed by atoms with Crippen LogP contribution in [0.2, 0.25) is 0 Å². The van der Waals surface area contributed by atoms with Crippen molar-refractivity contribution in [2.75, 3.05) is 24.2 Å². The van der Waals surface area contributed by atoms with Crippen molar-refractivity contribution in [3.63, 3.8) is 0 Å². The van der Waals surface area contributed by atoms with Gasteiger partial charge in [-0.05, 0) is 5.53 Å². The van der Waals surface area contributed by atoms with Gasteiger partial charge in [0.2, 0.25) is 5.95 Å². The number of imidazole rings is 1. The third-order valence-corrected chi connectivity index (χ3v) is 3.69. The molecule has 0 saturated carbocycles. The Bertz CT molecular complexity index is 836. The Morgan fingerprint density at radius 3 is 3.17 bits per heavy atom. The zero-order chi connectivity index (χ0) is 17.1. The second-order valence-electron chi connectivity index (χ2n) is 5.13. The highest BCUT2D eigenvalue weighted by molar-refractivity contribution is 5.84. The second kappa shape index (κ2) is 6.59. The van der Waals surface area contributed by atoms with Crippen LogP contribution in [0.4, 0.5) is 11.8 Å². The van der Waals surface area contributed by atoms with Gasteiger partial charge in [0, 0.05) is 11.3 Å². The van der Waals surface area contributed by atoms with E-state index in [4.69, 9.17) is 22.4 Å². The number of nitrogen functional groups attached to an aromatic ring is 1. The van der Waals surface area contributed by atoms with Gasteiger partial charge in [-0.3, -0.25) is 4.57 Å². The van der Waals surface area contributed by atoms with Crippen LogP contribution >= 0.6 is 0 Å². The van der Waals surface area contributed by atoms with Gasteiger partial charge in [-0.15, -0.1) is 6.42 Å². The normalized spacial score (nSPS) is 22.9. The molecule has 2 aromatic rings.